The minimum atomic E-state index is -0.944. The molecule has 1 aromatic rings. The summed E-state index contributed by atoms with van der Waals surface area (Å²) in [6.45, 7) is 3.62. The number of carbonyl (C=O) groups excluding carboxylic acids is 4. The lowest BCUT2D eigenvalue weighted by Crippen LogP contribution is -2.57. The number of methoxy groups -OCH3 is 1. The minimum Gasteiger partial charge on any atom is -0.497 e. The van der Waals surface area contributed by atoms with E-state index in [0.29, 0.717) is 69.6 Å². The number of hydrogen-bond donors (Lipinski definition) is 1. The van der Waals surface area contributed by atoms with Gasteiger partial charge in [-0.05, 0) is 43.9 Å². The zero-order valence-corrected chi connectivity index (χ0v) is 18.6. The number of nitrogens with zero attached hydrogens (tertiary/aromatic N) is 3. The van der Waals surface area contributed by atoms with E-state index in [2.05, 4.69) is 5.32 Å². The van der Waals surface area contributed by atoms with Gasteiger partial charge in [0.05, 0.1) is 13.2 Å². The van der Waals surface area contributed by atoms with Crippen LogP contribution in [0.3, 0.4) is 0 Å². The van der Waals surface area contributed by atoms with Crippen molar-refractivity contribution in [2.24, 2.45) is 0 Å². The number of likely N-dealkylation sites (tertiary alicyclic amines) is 2. The van der Waals surface area contributed by atoms with E-state index < -0.39 is 11.6 Å². The molecule has 4 rings (SSSR count). The molecule has 3 heterocycles. The van der Waals surface area contributed by atoms with E-state index in [4.69, 9.17) is 4.74 Å². The molecule has 172 valence electrons. The summed E-state index contributed by atoms with van der Waals surface area (Å²) in [7, 11) is 1.55. The molecular formula is C23H30N4O5. The zero-order chi connectivity index (χ0) is 22.9. The van der Waals surface area contributed by atoms with Gasteiger partial charge in [-0.2, -0.15) is 0 Å². The highest BCUT2D eigenvalue weighted by Crippen LogP contribution is 2.33. The van der Waals surface area contributed by atoms with Crippen molar-refractivity contribution in [2.45, 2.75) is 50.6 Å². The zero-order valence-electron chi connectivity index (χ0n) is 18.6. The first-order chi connectivity index (χ1) is 15.4. The minimum absolute atomic E-state index is 0.0625. The van der Waals surface area contributed by atoms with Crippen LogP contribution in [-0.2, 0) is 9.59 Å². The predicted octanol–water partition coefficient (Wildman–Crippen LogP) is 1.62. The lowest BCUT2D eigenvalue weighted by Gasteiger charge is -2.39. The van der Waals surface area contributed by atoms with Crippen LogP contribution in [0.4, 0.5) is 4.79 Å². The number of urea groups is 1. The Bertz CT molecular complexity index is 925. The van der Waals surface area contributed by atoms with Crippen molar-refractivity contribution in [1.82, 2.24) is 20.0 Å². The smallest absolute Gasteiger partial charge is 0.325 e. The van der Waals surface area contributed by atoms with Crippen molar-refractivity contribution < 1.29 is 23.9 Å². The number of piperidine rings is 2. The number of rotatable bonds is 4. The summed E-state index contributed by atoms with van der Waals surface area (Å²) in [6, 6.07) is 6.22. The Morgan fingerprint density at radius 2 is 1.91 bits per heavy atom. The van der Waals surface area contributed by atoms with Crippen molar-refractivity contribution in [3.05, 3.63) is 29.8 Å². The van der Waals surface area contributed by atoms with E-state index in [-0.39, 0.29) is 23.8 Å². The SMILES string of the molecule is CCC(=O)N1CCC2(CC1)NC(=O)N(C1CCCN(C(=O)c3cccc(OC)c3)C1)C2=O. The van der Waals surface area contributed by atoms with Crippen LogP contribution in [0.15, 0.2) is 24.3 Å². The fourth-order valence-corrected chi connectivity index (χ4v) is 4.96. The van der Waals surface area contributed by atoms with Crippen LogP contribution in [0, 0.1) is 0 Å². The molecule has 3 aliphatic heterocycles. The second-order valence-corrected chi connectivity index (χ2v) is 8.70. The molecule has 0 aliphatic carbocycles. The lowest BCUT2D eigenvalue weighted by molar-refractivity contribution is -0.139. The second kappa shape index (κ2) is 8.80. The standard InChI is InChI=1S/C23H30N4O5/c1-3-19(28)25-12-9-23(10-13-25)21(30)27(22(31)24-23)17-7-5-11-26(15-17)20(29)16-6-4-8-18(14-16)32-2/h4,6,8,14,17H,3,5,7,9-13,15H2,1-2H3,(H,24,31). The molecule has 0 saturated carbocycles. The molecule has 32 heavy (non-hydrogen) atoms. The largest absolute Gasteiger partial charge is 0.497 e. The summed E-state index contributed by atoms with van der Waals surface area (Å²) in [4.78, 5) is 56.0. The molecule has 1 unspecified atom stereocenters. The molecule has 9 heteroatoms. The van der Waals surface area contributed by atoms with Crippen molar-refractivity contribution in [2.75, 3.05) is 33.3 Å². The number of nitrogens with one attached hydrogen (secondary N) is 1. The van der Waals surface area contributed by atoms with E-state index in [1.165, 1.54) is 4.90 Å². The average molecular weight is 443 g/mol. The van der Waals surface area contributed by atoms with Gasteiger partial charge in [-0.15, -0.1) is 0 Å². The topological polar surface area (TPSA) is 99.3 Å². The highest BCUT2D eigenvalue weighted by atomic mass is 16.5. The highest BCUT2D eigenvalue weighted by Gasteiger charge is 2.54. The molecule has 0 bridgehead atoms. The monoisotopic (exact) mass is 442 g/mol. The molecule has 0 radical (unpaired) electrons. The summed E-state index contributed by atoms with van der Waals surface area (Å²) >= 11 is 0. The number of ether oxygens (including phenoxy) is 1. The van der Waals surface area contributed by atoms with Crippen LogP contribution in [-0.4, -0.2) is 83.3 Å². The molecule has 1 spiro atoms. The molecule has 9 nitrogen and oxygen atoms in total. The van der Waals surface area contributed by atoms with E-state index in [9.17, 15) is 19.2 Å². The predicted molar refractivity (Wildman–Crippen MR) is 116 cm³/mol. The van der Waals surface area contributed by atoms with Crippen LogP contribution < -0.4 is 10.1 Å². The second-order valence-electron chi connectivity index (χ2n) is 8.70. The fourth-order valence-electron chi connectivity index (χ4n) is 4.96. The van der Waals surface area contributed by atoms with E-state index in [1.807, 2.05) is 6.92 Å². The van der Waals surface area contributed by atoms with Gasteiger partial charge in [-0.1, -0.05) is 13.0 Å². The third-order valence-electron chi connectivity index (χ3n) is 6.83. The van der Waals surface area contributed by atoms with Gasteiger partial charge in [-0.3, -0.25) is 19.3 Å². The summed E-state index contributed by atoms with van der Waals surface area (Å²) < 4.78 is 5.21. The number of amides is 5. The van der Waals surface area contributed by atoms with Crippen LogP contribution >= 0.6 is 0 Å². The Balaban J connectivity index is 1.45. The quantitative estimate of drug-likeness (QED) is 0.715. The number of carbonyl (C=O) groups is 4. The Morgan fingerprint density at radius 3 is 2.59 bits per heavy atom. The maximum atomic E-state index is 13.4. The van der Waals surface area contributed by atoms with Crippen LogP contribution in [0.5, 0.6) is 5.75 Å². The van der Waals surface area contributed by atoms with Gasteiger partial charge < -0.3 is 19.9 Å². The third-order valence-corrected chi connectivity index (χ3v) is 6.83. The third kappa shape index (κ3) is 3.91. The first-order valence-electron chi connectivity index (χ1n) is 11.3. The maximum Gasteiger partial charge on any atom is 0.325 e. The first kappa shape index (κ1) is 22.1. The summed E-state index contributed by atoms with van der Waals surface area (Å²) in [5.41, 5.74) is -0.424. The Morgan fingerprint density at radius 1 is 1.16 bits per heavy atom. The van der Waals surface area contributed by atoms with Crippen molar-refractivity contribution >= 4 is 23.8 Å². The average Bonchev–Trinajstić information content (AvgIpc) is 3.07. The molecule has 3 aliphatic rings. The molecular weight excluding hydrogens is 412 g/mol. The van der Waals surface area contributed by atoms with Gasteiger partial charge in [0.15, 0.2) is 0 Å². The highest BCUT2D eigenvalue weighted by molar-refractivity contribution is 6.07. The van der Waals surface area contributed by atoms with Gasteiger partial charge in [0.2, 0.25) is 5.91 Å². The molecule has 0 aromatic heterocycles. The number of benzene rings is 1. The molecule has 1 atom stereocenters. The molecule has 1 aromatic carbocycles. The van der Waals surface area contributed by atoms with Crippen LogP contribution in [0.25, 0.3) is 0 Å². The molecule has 3 saturated heterocycles. The molecule has 3 fully saturated rings. The Kier molecular flexibility index (Phi) is 6.08. The van der Waals surface area contributed by atoms with E-state index in [1.54, 1.807) is 41.2 Å². The number of imide groups is 1. The summed E-state index contributed by atoms with van der Waals surface area (Å²) in [5.74, 6) is 0.300. The summed E-state index contributed by atoms with van der Waals surface area (Å²) in [6.07, 6.45) is 2.64. The van der Waals surface area contributed by atoms with Gasteiger partial charge in [0, 0.05) is 38.2 Å². The Hall–Kier alpha value is -3.10. The van der Waals surface area contributed by atoms with Gasteiger partial charge in [-0.25, -0.2) is 4.79 Å². The normalized spacial score (nSPS) is 22.8. The number of hydrogen-bond acceptors (Lipinski definition) is 5. The van der Waals surface area contributed by atoms with Gasteiger partial charge >= 0.3 is 6.03 Å². The first-order valence-corrected chi connectivity index (χ1v) is 11.3. The van der Waals surface area contributed by atoms with Crippen molar-refractivity contribution in [3.8, 4) is 5.75 Å². The van der Waals surface area contributed by atoms with E-state index in [0.717, 1.165) is 0 Å². The fraction of sp³-hybridized carbons (Fsp3) is 0.565. The van der Waals surface area contributed by atoms with Gasteiger partial charge in [0.25, 0.3) is 11.8 Å². The van der Waals surface area contributed by atoms with Crippen molar-refractivity contribution in [1.29, 1.82) is 0 Å². The van der Waals surface area contributed by atoms with Crippen molar-refractivity contribution in [3.63, 3.8) is 0 Å². The van der Waals surface area contributed by atoms with Gasteiger partial charge in [0.1, 0.15) is 11.3 Å². The Labute approximate surface area is 187 Å². The van der Waals surface area contributed by atoms with Crippen LogP contribution in [0.2, 0.25) is 0 Å². The molecule has 5 amide bonds. The van der Waals surface area contributed by atoms with Crippen LogP contribution in [0.1, 0.15) is 49.4 Å². The summed E-state index contributed by atoms with van der Waals surface area (Å²) in [5, 5.41) is 2.91. The van der Waals surface area contributed by atoms with E-state index >= 15 is 0 Å². The maximum absolute atomic E-state index is 13.4. The lowest BCUT2D eigenvalue weighted by atomic mass is 9.87. The molecule has 1 N–H and O–H groups in total.